The Kier molecular flexibility index (Phi) is 7.74. The van der Waals surface area contributed by atoms with Crippen molar-refractivity contribution in [2.24, 2.45) is 0 Å². The number of esters is 1. The van der Waals surface area contributed by atoms with Crippen LogP contribution in [0.25, 0.3) is 22.5 Å². The molecule has 0 saturated carbocycles. The van der Waals surface area contributed by atoms with Crippen LogP contribution in [0.1, 0.15) is 17.3 Å². The lowest BCUT2D eigenvalue weighted by Gasteiger charge is -2.13. The Labute approximate surface area is 213 Å². The standard InChI is InChI=1S/C26H23N5O5S/c1-2-36-24(32)20-15-9-10-16-21(20)30-37(34,35)31-26(33)29-25-27-22(18-11-5-3-6-12-18)17-23(28-25)19-13-7-4-8-14-19/h3-17,30H,2H2,1H3,(H2,27,28,29,31,33). The molecule has 0 aliphatic carbocycles. The number of carbonyl (C=O) groups is 2. The van der Waals surface area contributed by atoms with Gasteiger partial charge in [-0.05, 0) is 25.1 Å². The fraction of sp³-hybridized carbons (Fsp3) is 0.0769. The van der Waals surface area contributed by atoms with Crippen LogP contribution < -0.4 is 14.8 Å². The van der Waals surface area contributed by atoms with Crippen LogP contribution in [0, 0.1) is 0 Å². The molecule has 4 aromatic rings. The van der Waals surface area contributed by atoms with Gasteiger partial charge in [0.05, 0.1) is 29.2 Å². The van der Waals surface area contributed by atoms with Crippen molar-refractivity contribution < 1.29 is 22.7 Å². The molecule has 3 N–H and O–H groups in total. The number of nitrogens with zero attached hydrogens (tertiary/aromatic N) is 2. The Morgan fingerprint density at radius 1 is 0.811 bits per heavy atom. The predicted molar refractivity (Wildman–Crippen MR) is 140 cm³/mol. The van der Waals surface area contributed by atoms with E-state index in [-0.39, 0.29) is 23.8 Å². The highest BCUT2D eigenvalue weighted by atomic mass is 32.2. The van der Waals surface area contributed by atoms with E-state index in [2.05, 4.69) is 20.0 Å². The fourth-order valence-electron chi connectivity index (χ4n) is 3.40. The van der Waals surface area contributed by atoms with Crippen molar-refractivity contribution in [1.29, 1.82) is 0 Å². The smallest absolute Gasteiger partial charge is 0.340 e. The molecule has 37 heavy (non-hydrogen) atoms. The van der Waals surface area contributed by atoms with Crippen LogP contribution in [0.3, 0.4) is 0 Å². The first-order chi connectivity index (χ1) is 17.8. The molecule has 4 rings (SSSR count). The summed E-state index contributed by atoms with van der Waals surface area (Å²) < 4.78 is 34.2. The zero-order valence-corrected chi connectivity index (χ0v) is 20.5. The second-order valence-corrected chi connectivity index (χ2v) is 9.04. The highest BCUT2D eigenvalue weighted by Crippen LogP contribution is 2.25. The maximum Gasteiger partial charge on any atom is 0.340 e. The number of ether oxygens (including phenoxy) is 1. The van der Waals surface area contributed by atoms with Crippen LogP contribution in [0.15, 0.2) is 91.0 Å². The average Bonchev–Trinajstić information content (AvgIpc) is 2.89. The van der Waals surface area contributed by atoms with Crippen molar-refractivity contribution in [2.75, 3.05) is 16.6 Å². The Hall–Kier alpha value is -4.77. The van der Waals surface area contributed by atoms with Gasteiger partial charge in [0.1, 0.15) is 0 Å². The quantitative estimate of drug-likeness (QED) is 0.293. The van der Waals surface area contributed by atoms with E-state index in [1.807, 2.05) is 65.4 Å². The van der Waals surface area contributed by atoms with Crippen molar-refractivity contribution in [3.8, 4) is 22.5 Å². The highest BCUT2D eigenvalue weighted by Gasteiger charge is 2.20. The molecule has 0 saturated heterocycles. The maximum atomic E-state index is 12.6. The molecule has 0 atom stereocenters. The molecule has 0 fully saturated rings. The summed E-state index contributed by atoms with van der Waals surface area (Å²) in [5.41, 5.74) is 2.60. The minimum Gasteiger partial charge on any atom is -0.462 e. The molecular formula is C26H23N5O5S. The summed E-state index contributed by atoms with van der Waals surface area (Å²) in [6.45, 7) is 1.75. The molecule has 1 heterocycles. The summed E-state index contributed by atoms with van der Waals surface area (Å²) in [5, 5.41) is 2.38. The van der Waals surface area contributed by atoms with E-state index in [0.717, 1.165) is 11.1 Å². The van der Waals surface area contributed by atoms with E-state index in [1.54, 1.807) is 19.1 Å². The second kappa shape index (κ2) is 11.3. The van der Waals surface area contributed by atoms with Crippen molar-refractivity contribution in [1.82, 2.24) is 14.7 Å². The van der Waals surface area contributed by atoms with Crippen LogP contribution >= 0.6 is 0 Å². The van der Waals surface area contributed by atoms with E-state index >= 15 is 0 Å². The van der Waals surface area contributed by atoms with Gasteiger partial charge in [0.15, 0.2) is 0 Å². The normalized spacial score (nSPS) is 10.8. The number of benzene rings is 3. The molecule has 3 aromatic carbocycles. The molecule has 1 aromatic heterocycles. The molecule has 0 bridgehead atoms. The van der Waals surface area contributed by atoms with Crippen LogP contribution in [0.2, 0.25) is 0 Å². The molecule has 0 spiro atoms. The van der Waals surface area contributed by atoms with Gasteiger partial charge in [-0.15, -0.1) is 0 Å². The van der Waals surface area contributed by atoms with Crippen molar-refractivity contribution in [3.63, 3.8) is 0 Å². The van der Waals surface area contributed by atoms with Crippen LogP contribution in [0.4, 0.5) is 16.4 Å². The lowest BCUT2D eigenvalue weighted by molar-refractivity contribution is 0.0527. The second-order valence-electron chi connectivity index (χ2n) is 7.62. The Morgan fingerprint density at radius 2 is 1.35 bits per heavy atom. The number of amides is 2. The van der Waals surface area contributed by atoms with E-state index in [1.165, 1.54) is 18.2 Å². The number of urea groups is 1. The summed E-state index contributed by atoms with van der Waals surface area (Å²) in [5.74, 6) is -0.801. The summed E-state index contributed by atoms with van der Waals surface area (Å²) in [4.78, 5) is 33.5. The number of hydrogen-bond acceptors (Lipinski definition) is 7. The Morgan fingerprint density at radius 3 is 1.92 bits per heavy atom. The molecule has 0 aliphatic rings. The van der Waals surface area contributed by atoms with Gasteiger partial charge in [0.25, 0.3) is 0 Å². The third-order valence-corrected chi connectivity index (χ3v) is 5.93. The number of hydrogen-bond donors (Lipinski definition) is 3. The molecule has 10 nitrogen and oxygen atoms in total. The molecule has 0 radical (unpaired) electrons. The van der Waals surface area contributed by atoms with Crippen molar-refractivity contribution >= 4 is 33.8 Å². The van der Waals surface area contributed by atoms with E-state index < -0.39 is 22.2 Å². The van der Waals surface area contributed by atoms with Crippen LogP contribution in [0.5, 0.6) is 0 Å². The lowest BCUT2D eigenvalue weighted by Crippen LogP contribution is -2.39. The molecule has 11 heteroatoms. The van der Waals surface area contributed by atoms with Gasteiger partial charge in [-0.1, -0.05) is 72.8 Å². The molecule has 188 valence electrons. The van der Waals surface area contributed by atoms with Crippen molar-refractivity contribution in [3.05, 3.63) is 96.6 Å². The third kappa shape index (κ3) is 6.67. The monoisotopic (exact) mass is 517 g/mol. The van der Waals surface area contributed by atoms with E-state index in [0.29, 0.717) is 11.4 Å². The molecule has 2 amide bonds. The first-order valence-corrected chi connectivity index (χ1v) is 12.7. The Bertz CT molecular complexity index is 1460. The van der Waals surface area contributed by atoms with E-state index in [9.17, 15) is 18.0 Å². The predicted octanol–water partition coefficient (Wildman–Crippen LogP) is 4.47. The summed E-state index contributed by atoms with van der Waals surface area (Å²) in [7, 11) is -4.42. The third-order valence-electron chi connectivity index (χ3n) is 4.98. The first kappa shape index (κ1) is 25.3. The van der Waals surface area contributed by atoms with Gasteiger partial charge in [0, 0.05) is 11.1 Å². The van der Waals surface area contributed by atoms with Gasteiger partial charge in [-0.3, -0.25) is 10.0 Å². The van der Waals surface area contributed by atoms with Gasteiger partial charge in [-0.25, -0.2) is 24.3 Å². The summed E-state index contributed by atoms with van der Waals surface area (Å²) in [6.07, 6.45) is 0. The largest absolute Gasteiger partial charge is 0.462 e. The minimum absolute atomic E-state index is 0.00142. The van der Waals surface area contributed by atoms with Crippen LogP contribution in [-0.4, -0.2) is 37.0 Å². The molecular weight excluding hydrogens is 494 g/mol. The van der Waals surface area contributed by atoms with Crippen molar-refractivity contribution in [2.45, 2.75) is 6.92 Å². The van der Waals surface area contributed by atoms with E-state index in [4.69, 9.17) is 4.74 Å². The number of nitrogens with one attached hydrogen (secondary N) is 3. The summed E-state index contributed by atoms with van der Waals surface area (Å²) in [6, 6.07) is 25.1. The Balaban J connectivity index is 1.56. The van der Waals surface area contributed by atoms with Gasteiger partial charge < -0.3 is 4.74 Å². The summed E-state index contributed by atoms with van der Waals surface area (Å²) >= 11 is 0. The fourth-order valence-corrected chi connectivity index (χ4v) is 4.21. The number of para-hydroxylation sites is 1. The molecule has 0 aliphatic heterocycles. The SMILES string of the molecule is CCOC(=O)c1ccccc1NS(=O)(=O)NC(=O)Nc1nc(-c2ccccc2)cc(-c2ccccc2)n1. The number of rotatable bonds is 8. The zero-order valence-electron chi connectivity index (χ0n) is 19.7. The van der Waals surface area contributed by atoms with Crippen LogP contribution in [-0.2, 0) is 14.9 Å². The number of anilines is 2. The topological polar surface area (TPSA) is 139 Å². The number of carbonyl (C=O) groups excluding carboxylic acids is 2. The van der Waals surface area contributed by atoms with Gasteiger partial charge >= 0.3 is 22.2 Å². The average molecular weight is 518 g/mol. The number of aromatic nitrogens is 2. The molecule has 0 unspecified atom stereocenters. The lowest BCUT2D eigenvalue weighted by atomic mass is 10.1. The first-order valence-electron chi connectivity index (χ1n) is 11.2. The van der Waals surface area contributed by atoms with Gasteiger partial charge in [-0.2, -0.15) is 8.42 Å². The highest BCUT2D eigenvalue weighted by molar-refractivity contribution is 7.91. The zero-order chi connectivity index (χ0) is 26.3. The minimum atomic E-state index is -4.42. The maximum absolute atomic E-state index is 12.6. The van der Waals surface area contributed by atoms with Gasteiger partial charge in [0.2, 0.25) is 5.95 Å².